The number of aromatic nitrogens is 2. The number of carbonyl (C=O) groups excluding carboxylic acids is 1. The van der Waals surface area contributed by atoms with Gasteiger partial charge in [0, 0.05) is 12.1 Å². The highest BCUT2D eigenvalue weighted by Crippen LogP contribution is 2.33. The number of rotatable bonds is 6. The van der Waals surface area contributed by atoms with Crippen molar-refractivity contribution in [1.29, 1.82) is 0 Å². The summed E-state index contributed by atoms with van der Waals surface area (Å²) < 4.78 is 5.41. The van der Waals surface area contributed by atoms with Crippen molar-refractivity contribution in [2.45, 2.75) is 6.42 Å². The summed E-state index contributed by atoms with van der Waals surface area (Å²) in [7, 11) is 1.36. The molecule has 0 aliphatic carbocycles. The molecule has 0 radical (unpaired) electrons. The highest BCUT2D eigenvalue weighted by Gasteiger charge is 2.13. The van der Waals surface area contributed by atoms with Gasteiger partial charge in [0.15, 0.2) is 5.82 Å². The van der Waals surface area contributed by atoms with Crippen LogP contribution < -0.4 is 5.32 Å². The van der Waals surface area contributed by atoms with E-state index in [0.717, 1.165) is 34.6 Å². The van der Waals surface area contributed by atoms with Crippen molar-refractivity contribution in [2.24, 2.45) is 0 Å². The van der Waals surface area contributed by atoms with E-state index in [1.54, 1.807) is 12.1 Å². The third-order valence-corrected chi connectivity index (χ3v) is 5.63. The van der Waals surface area contributed by atoms with Gasteiger partial charge in [-0.2, -0.15) is 0 Å². The Morgan fingerprint density at radius 3 is 2.59 bits per heavy atom. The molecule has 7 heteroatoms. The number of thiophene rings is 1. The van der Waals surface area contributed by atoms with Crippen molar-refractivity contribution in [1.82, 2.24) is 9.97 Å². The Kier molecular flexibility index (Phi) is 5.74. The van der Waals surface area contributed by atoms with Crippen molar-refractivity contribution >= 4 is 44.9 Å². The largest absolute Gasteiger partial charge is 0.465 e. The molecule has 4 rings (SSSR count). The molecule has 0 atom stereocenters. The molecule has 2 heterocycles. The van der Waals surface area contributed by atoms with Crippen LogP contribution in [-0.4, -0.2) is 29.6 Å². The zero-order chi connectivity index (χ0) is 20.2. The molecule has 1 N–H and O–H groups in total. The van der Waals surface area contributed by atoms with Crippen LogP contribution in [0.15, 0.2) is 60.7 Å². The number of hydrogen-bond donors (Lipinski definition) is 1. The van der Waals surface area contributed by atoms with E-state index in [9.17, 15) is 4.79 Å². The number of ether oxygens (including phenoxy) is 1. The highest BCUT2D eigenvalue weighted by atomic mass is 35.5. The lowest BCUT2D eigenvalue weighted by Gasteiger charge is -2.09. The first kappa shape index (κ1) is 19.4. The van der Waals surface area contributed by atoms with Crippen molar-refractivity contribution < 1.29 is 9.53 Å². The number of carbonyl (C=O) groups is 1. The van der Waals surface area contributed by atoms with Gasteiger partial charge in [-0.3, -0.25) is 0 Å². The maximum Gasteiger partial charge on any atom is 0.337 e. The second-order valence-corrected chi connectivity index (χ2v) is 8.06. The van der Waals surface area contributed by atoms with E-state index < -0.39 is 0 Å². The molecule has 4 aromatic rings. The summed E-state index contributed by atoms with van der Waals surface area (Å²) in [6.07, 6.45) is 0.882. The summed E-state index contributed by atoms with van der Waals surface area (Å²) >= 11 is 7.64. The van der Waals surface area contributed by atoms with Crippen molar-refractivity contribution in [3.8, 4) is 11.4 Å². The van der Waals surface area contributed by atoms with Crippen LogP contribution in [-0.2, 0) is 11.2 Å². The topological polar surface area (TPSA) is 64.1 Å². The number of fused-ring (bicyclic) bond motifs is 1. The standard InChI is InChI=1S/C22H18ClN3O2S/c1-28-22(27)16-9-7-15(8-10-16)19-25-20(17-13-18(23)29-21(17)26-19)24-12-11-14-5-3-2-4-6-14/h2-10,13H,11-12H2,1H3,(H,24,25,26). The van der Waals surface area contributed by atoms with Gasteiger partial charge in [0.25, 0.3) is 0 Å². The Hall–Kier alpha value is -2.96. The predicted octanol–water partition coefficient (Wildman–Crippen LogP) is 5.45. The molecule has 0 aliphatic rings. The lowest BCUT2D eigenvalue weighted by atomic mass is 10.1. The van der Waals surface area contributed by atoms with Gasteiger partial charge in [-0.1, -0.05) is 54.1 Å². The van der Waals surface area contributed by atoms with Gasteiger partial charge in [-0.15, -0.1) is 11.3 Å². The molecule has 0 amide bonds. The zero-order valence-electron chi connectivity index (χ0n) is 15.7. The summed E-state index contributed by atoms with van der Waals surface area (Å²) in [5.41, 5.74) is 2.56. The van der Waals surface area contributed by atoms with Gasteiger partial charge in [-0.05, 0) is 30.2 Å². The first-order valence-electron chi connectivity index (χ1n) is 9.07. The average Bonchev–Trinajstić information content (AvgIpc) is 3.14. The van der Waals surface area contributed by atoms with Crippen LogP contribution in [0.2, 0.25) is 4.34 Å². The number of anilines is 1. The summed E-state index contributed by atoms with van der Waals surface area (Å²) in [6.45, 7) is 0.740. The minimum Gasteiger partial charge on any atom is -0.465 e. The molecule has 0 fully saturated rings. The van der Waals surface area contributed by atoms with Gasteiger partial charge < -0.3 is 10.1 Å². The number of halogens is 1. The van der Waals surface area contributed by atoms with E-state index in [-0.39, 0.29) is 5.97 Å². The van der Waals surface area contributed by atoms with Crippen LogP contribution in [0, 0.1) is 0 Å². The number of nitrogens with one attached hydrogen (secondary N) is 1. The molecule has 5 nitrogen and oxygen atoms in total. The maximum atomic E-state index is 11.7. The summed E-state index contributed by atoms with van der Waals surface area (Å²) in [4.78, 5) is 21.8. The molecule has 2 aromatic carbocycles. The zero-order valence-corrected chi connectivity index (χ0v) is 17.3. The number of nitrogens with zero attached hydrogens (tertiary/aromatic N) is 2. The lowest BCUT2D eigenvalue weighted by Crippen LogP contribution is -2.07. The fourth-order valence-electron chi connectivity index (χ4n) is 3.00. The van der Waals surface area contributed by atoms with E-state index >= 15 is 0 Å². The maximum absolute atomic E-state index is 11.7. The summed E-state index contributed by atoms with van der Waals surface area (Å²) in [6, 6.07) is 19.2. The molecule has 0 bridgehead atoms. The molecule has 29 heavy (non-hydrogen) atoms. The second kappa shape index (κ2) is 8.59. The summed E-state index contributed by atoms with van der Waals surface area (Å²) in [5, 5.41) is 4.33. The third kappa shape index (κ3) is 4.39. The Balaban J connectivity index is 1.62. The number of benzene rings is 2. The van der Waals surface area contributed by atoms with E-state index in [1.807, 2.05) is 36.4 Å². The lowest BCUT2D eigenvalue weighted by molar-refractivity contribution is 0.0601. The van der Waals surface area contributed by atoms with E-state index in [2.05, 4.69) is 22.4 Å². The first-order valence-corrected chi connectivity index (χ1v) is 10.3. The fraction of sp³-hybridized carbons (Fsp3) is 0.136. The Morgan fingerprint density at radius 2 is 1.86 bits per heavy atom. The second-order valence-electron chi connectivity index (χ2n) is 6.40. The molecular weight excluding hydrogens is 406 g/mol. The van der Waals surface area contributed by atoms with Gasteiger partial charge in [0.2, 0.25) is 0 Å². The molecule has 0 saturated heterocycles. The number of methoxy groups -OCH3 is 1. The molecule has 0 saturated carbocycles. The van der Waals surface area contributed by atoms with E-state index in [0.29, 0.717) is 15.7 Å². The first-order chi connectivity index (χ1) is 14.1. The van der Waals surface area contributed by atoms with Crippen LogP contribution >= 0.6 is 22.9 Å². The average molecular weight is 424 g/mol. The monoisotopic (exact) mass is 423 g/mol. The molecular formula is C22H18ClN3O2S. The molecule has 146 valence electrons. The van der Waals surface area contributed by atoms with Crippen LogP contribution in [0.3, 0.4) is 0 Å². The minimum absolute atomic E-state index is 0.374. The SMILES string of the molecule is COC(=O)c1ccc(-c2nc(NCCc3ccccc3)c3cc(Cl)sc3n2)cc1. The smallest absolute Gasteiger partial charge is 0.337 e. The van der Waals surface area contributed by atoms with Gasteiger partial charge in [0.1, 0.15) is 10.6 Å². The summed E-state index contributed by atoms with van der Waals surface area (Å²) in [5.74, 6) is 0.956. The molecule has 0 spiro atoms. The van der Waals surface area contributed by atoms with Crippen LogP contribution in [0.25, 0.3) is 21.6 Å². The fourth-order valence-corrected chi connectivity index (χ4v) is 4.09. The quantitative estimate of drug-likeness (QED) is 0.417. The number of hydrogen-bond acceptors (Lipinski definition) is 6. The van der Waals surface area contributed by atoms with Crippen LogP contribution in [0.5, 0.6) is 0 Å². The van der Waals surface area contributed by atoms with E-state index in [1.165, 1.54) is 24.0 Å². The van der Waals surface area contributed by atoms with Gasteiger partial charge in [-0.25, -0.2) is 14.8 Å². The third-order valence-electron chi connectivity index (χ3n) is 4.48. The molecule has 2 aromatic heterocycles. The minimum atomic E-state index is -0.374. The Morgan fingerprint density at radius 1 is 1.10 bits per heavy atom. The molecule has 0 aliphatic heterocycles. The predicted molar refractivity (Wildman–Crippen MR) is 118 cm³/mol. The van der Waals surface area contributed by atoms with E-state index in [4.69, 9.17) is 21.3 Å². The van der Waals surface area contributed by atoms with Crippen molar-refractivity contribution in [3.63, 3.8) is 0 Å². The van der Waals surface area contributed by atoms with Gasteiger partial charge in [0.05, 0.1) is 22.4 Å². The Labute approximate surface area is 177 Å². The van der Waals surface area contributed by atoms with Crippen LogP contribution in [0.1, 0.15) is 15.9 Å². The normalized spacial score (nSPS) is 10.8. The number of esters is 1. The Bertz CT molecular complexity index is 1140. The van der Waals surface area contributed by atoms with Crippen molar-refractivity contribution in [2.75, 3.05) is 19.0 Å². The van der Waals surface area contributed by atoms with Gasteiger partial charge >= 0.3 is 5.97 Å². The highest BCUT2D eigenvalue weighted by molar-refractivity contribution is 7.22. The van der Waals surface area contributed by atoms with Crippen LogP contribution in [0.4, 0.5) is 5.82 Å². The molecule has 0 unspecified atom stereocenters. The van der Waals surface area contributed by atoms with Crippen molar-refractivity contribution in [3.05, 3.63) is 76.1 Å².